The molecule has 1 N–H and O–H groups in total. The van der Waals surface area contributed by atoms with Crippen LogP contribution >= 0.6 is 22.7 Å². The van der Waals surface area contributed by atoms with E-state index >= 15 is 0 Å². The van der Waals surface area contributed by atoms with Crippen LogP contribution in [0.2, 0.25) is 0 Å². The fraction of sp³-hybridized carbons (Fsp3) is 0.0588. The van der Waals surface area contributed by atoms with Gasteiger partial charge in [0.2, 0.25) is 0 Å². The molecule has 1 aromatic carbocycles. The summed E-state index contributed by atoms with van der Waals surface area (Å²) in [5, 5.41) is 23.7. The molecular formula is C17H12N2O2S2. The van der Waals surface area contributed by atoms with Crippen LogP contribution in [-0.4, -0.2) is 17.2 Å². The molecule has 0 unspecified atom stereocenters. The lowest BCUT2D eigenvalue weighted by Gasteiger charge is -2.04. The number of ether oxygens (including phenoxy) is 1. The lowest BCUT2D eigenvalue weighted by Crippen LogP contribution is -1.86. The summed E-state index contributed by atoms with van der Waals surface area (Å²) in [4.78, 5) is 5.62. The topological polar surface area (TPSA) is 66.1 Å². The third-order valence-corrected chi connectivity index (χ3v) is 4.91. The predicted octanol–water partition coefficient (Wildman–Crippen LogP) is 4.65. The molecule has 2 aromatic heterocycles. The minimum absolute atomic E-state index is 0.0670. The number of thiophene rings is 1. The van der Waals surface area contributed by atoms with Crippen LogP contribution < -0.4 is 4.74 Å². The van der Waals surface area contributed by atoms with Crippen molar-refractivity contribution in [1.82, 2.24) is 4.98 Å². The highest BCUT2D eigenvalue weighted by Gasteiger charge is 2.10. The number of aromatic hydroxyl groups is 1. The Bertz CT molecular complexity index is 890. The molecule has 114 valence electrons. The lowest BCUT2D eigenvalue weighted by molar-refractivity contribution is 0.373. The molecule has 0 aliphatic heterocycles. The first kappa shape index (κ1) is 15.3. The van der Waals surface area contributed by atoms with Crippen molar-refractivity contribution in [1.29, 1.82) is 5.26 Å². The van der Waals surface area contributed by atoms with Gasteiger partial charge in [-0.1, -0.05) is 12.1 Å². The van der Waals surface area contributed by atoms with Gasteiger partial charge < -0.3 is 9.84 Å². The highest BCUT2D eigenvalue weighted by Crippen LogP contribution is 2.31. The van der Waals surface area contributed by atoms with E-state index < -0.39 is 0 Å². The van der Waals surface area contributed by atoms with Crippen LogP contribution in [-0.2, 0) is 0 Å². The van der Waals surface area contributed by atoms with Crippen LogP contribution in [0.4, 0.5) is 0 Å². The van der Waals surface area contributed by atoms with Gasteiger partial charge in [-0.05, 0) is 35.2 Å². The molecule has 6 heteroatoms. The Balaban J connectivity index is 1.95. The molecule has 0 amide bonds. The van der Waals surface area contributed by atoms with Crippen LogP contribution in [0.25, 0.3) is 22.2 Å². The van der Waals surface area contributed by atoms with Crippen molar-refractivity contribution in [2.75, 3.05) is 7.11 Å². The summed E-state index contributed by atoms with van der Waals surface area (Å²) in [5.41, 5.74) is 2.12. The van der Waals surface area contributed by atoms with Gasteiger partial charge in [-0.15, -0.1) is 22.7 Å². The Kier molecular flexibility index (Phi) is 4.42. The molecule has 0 spiro atoms. The number of phenolic OH excluding ortho intramolecular Hbond substituents is 1. The van der Waals surface area contributed by atoms with E-state index in [0.29, 0.717) is 16.3 Å². The summed E-state index contributed by atoms with van der Waals surface area (Å²) in [6.07, 6.45) is 1.74. The van der Waals surface area contributed by atoms with Gasteiger partial charge in [-0.3, -0.25) is 0 Å². The highest BCUT2D eigenvalue weighted by atomic mass is 32.1. The second kappa shape index (κ2) is 6.65. The van der Waals surface area contributed by atoms with Crippen molar-refractivity contribution in [3.05, 3.63) is 51.7 Å². The molecule has 3 rings (SSSR count). The predicted molar refractivity (Wildman–Crippen MR) is 93.6 cm³/mol. The van der Waals surface area contributed by atoms with Gasteiger partial charge in [0.25, 0.3) is 0 Å². The van der Waals surface area contributed by atoms with Gasteiger partial charge in [0, 0.05) is 5.38 Å². The number of nitrogens with zero attached hydrogens (tertiary/aromatic N) is 2. The molecule has 0 atom stereocenters. The fourth-order valence-electron chi connectivity index (χ4n) is 2.03. The molecule has 2 heterocycles. The second-order valence-electron chi connectivity index (χ2n) is 4.62. The molecular weight excluding hydrogens is 328 g/mol. The van der Waals surface area contributed by atoms with Gasteiger partial charge in [0.1, 0.15) is 11.1 Å². The first-order valence-corrected chi connectivity index (χ1v) is 8.46. The molecule has 0 fully saturated rings. The highest BCUT2D eigenvalue weighted by molar-refractivity contribution is 7.14. The van der Waals surface area contributed by atoms with Crippen LogP contribution in [0, 0.1) is 11.3 Å². The van der Waals surface area contributed by atoms with E-state index in [1.807, 2.05) is 22.9 Å². The van der Waals surface area contributed by atoms with E-state index in [1.165, 1.54) is 18.4 Å². The summed E-state index contributed by atoms with van der Waals surface area (Å²) in [6, 6.07) is 11.1. The quantitative estimate of drug-likeness (QED) is 0.702. The summed E-state index contributed by atoms with van der Waals surface area (Å²) in [6.45, 7) is 0. The number of allylic oxidation sites excluding steroid dienone is 1. The molecule has 0 radical (unpaired) electrons. The first-order chi connectivity index (χ1) is 11.2. The molecule has 0 saturated heterocycles. The Morgan fingerprint density at radius 1 is 1.35 bits per heavy atom. The smallest absolute Gasteiger partial charge is 0.161 e. The summed E-state index contributed by atoms with van der Waals surface area (Å²) >= 11 is 3.05. The molecule has 0 aliphatic rings. The maximum Gasteiger partial charge on any atom is 0.161 e. The second-order valence-corrected chi connectivity index (χ2v) is 6.42. The molecule has 0 bridgehead atoms. The number of hydrogen-bond acceptors (Lipinski definition) is 6. The Hall–Kier alpha value is -2.62. The molecule has 0 aliphatic carbocycles. The number of hydrogen-bond donors (Lipinski definition) is 1. The number of rotatable bonds is 4. The lowest BCUT2D eigenvalue weighted by atomic mass is 10.1. The van der Waals surface area contributed by atoms with E-state index in [9.17, 15) is 10.4 Å². The van der Waals surface area contributed by atoms with Gasteiger partial charge in [0.15, 0.2) is 11.5 Å². The zero-order valence-electron chi connectivity index (χ0n) is 12.2. The third kappa shape index (κ3) is 3.26. The van der Waals surface area contributed by atoms with Crippen molar-refractivity contribution >= 4 is 34.3 Å². The fourth-order valence-corrected chi connectivity index (χ4v) is 3.57. The van der Waals surface area contributed by atoms with E-state index in [1.54, 1.807) is 35.6 Å². The van der Waals surface area contributed by atoms with Gasteiger partial charge >= 0.3 is 0 Å². The van der Waals surface area contributed by atoms with E-state index in [-0.39, 0.29) is 5.75 Å². The first-order valence-electron chi connectivity index (χ1n) is 6.70. The average molecular weight is 340 g/mol. The minimum atomic E-state index is 0.0670. The summed E-state index contributed by atoms with van der Waals surface area (Å²) < 4.78 is 5.09. The SMILES string of the molecule is COc1cc(/C=C(/C#N)c2nc(-c3cccs3)cs2)ccc1O. The van der Waals surface area contributed by atoms with Crippen molar-refractivity contribution < 1.29 is 9.84 Å². The Morgan fingerprint density at radius 3 is 2.91 bits per heavy atom. The Labute approximate surface area is 141 Å². The molecule has 0 saturated carbocycles. The summed E-state index contributed by atoms with van der Waals surface area (Å²) in [7, 11) is 1.49. The van der Waals surface area contributed by atoms with Gasteiger partial charge in [0.05, 0.1) is 23.3 Å². The summed E-state index contributed by atoms with van der Waals surface area (Å²) in [5.74, 6) is 0.437. The number of aromatic nitrogens is 1. The number of thiazole rings is 1. The van der Waals surface area contributed by atoms with Crippen LogP contribution in [0.5, 0.6) is 11.5 Å². The van der Waals surface area contributed by atoms with Crippen LogP contribution in [0.1, 0.15) is 10.6 Å². The molecule has 3 aromatic rings. The largest absolute Gasteiger partial charge is 0.504 e. The maximum atomic E-state index is 9.63. The number of methoxy groups -OCH3 is 1. The average Bonchev–Trinajstić information content (AvgIpc) is 3.25. The standard InChI is InChI=1S/C17H12N2O2S2/c1-21-15-8-11(4-5-14(15)20)7-12(9-18)17-19-13(10-23-17)16-3-2-6-22-16/h2-8,10,20H,1H3/b12-7-. The van der Waals surface area contributed by atoms with E-state index in [4.69, 9.17) is 4.74 Å². The van der Waals surface area contributed by atoms with E-state index in [2.05, 4.69) is 11.1 Å². The van der Waals surface area contributed by atoms with E-state index in [0.717, 1.165) is 16.1 Å². The van der Waals surface area contributed by atoms with Crippen LogP contribution in [0.15, 0.2) is 41.1 Å². The van der Waals surface area contributed by atoms with Crippen molar-refractivity contribution in [2.45, 2.75) is 0 Å². The normalized spacial score (nSPS) is 11.2. The van der Waals surface area contributed by atoms with Crippen molar-refractivity contribution in [3.63, 3.8) is 0 Å². The minimum Gasteiger partial charge on any atom is -0.504 e. The monoisotopic (exact) mass is 340 g/mol. The molecule has 4 nitrogen and oxygen atoms in total. The zero-order chi connectivity index (χ0) is 16.2. The Morgan fingerprint density at radius 2 is 2.22 bits per heavy atom. The van der Waals surface area contributed by atoms with Crippen molar-refractivity contribution in [3.8, 4) is 28.1 Å². The van der Waals surface area contributed by atoms with Gasteiger partial charge in [-0.25, -0.2) is 4.98 Å². The number of nitriles is 1. The van der Waals surface area contributed by atoms with Crippen molar-refractivity contribution in [2.24, 2.45) is 0 Å². The molecule has 23 heavy (non-hydrogen) atoms. The van der Waals surface area contributed by atoms with Crippen LogP contribution in [0.3, 0.4) is 0 Å². The zero-order valence-corrected chi connectivity index (χ0v) is 13.8. The maximum absolute atomic E-state index is 9.63. The number of benzene rings is 1. The third-order valence-electron chi connectivity index (χ3n) is 3.14. The number of phenols is 1. The van der Waals surface area contributed by atoms with Gasteiger partial charge in [-0.2, -0.15) is 5.26 Å².